The number of nitrogens with one attached hydrogen (secondary N) is 1. The van der Waals surface area contributed by atoms with Gasteiger partial charge in [0, 0.05) is 19.1 Å². The van der Waals surface area contributed by atoms with Gasteiger partial charge in [-0.2, -0.15) is 0 Å². The summed E-state index contributed by atoms with van der Waals surface area (Å²) in [6.45, 7) is 2.83. The van der Waals surface area contributed by atoms with Crippen molar-refractivity contribution in [2.45, 2.75) is 44.6 Å². The van der Waals surface area contributed by atoms with Crippen LogP contribution in [-0.2, 0) is 4.74 Å². The van der Waals surface area contributed by atoms with Gasteiger partial charge in [0.05, 0.1) is 13.2 Å². The van der Waals surface area contributed by atoms with Crippen LogP contribution in [0.5, 0.6) is 0 Å². The maximum absolute atomic E-state index is 11.9. The summed E-state index contributed by atoms with van der Waals surface area (Å²) in [5.41, 5.74) is 0. The van der Waals surface area contributed by atoms with E-state index in [2.05, 4.69) is 5.32 Å². The Hall–Kier alpha value is -0.770. The summed E-state index contributed by atoms with van der Waals surface area (Å²) in [6, 6.07) is 0.507. The van der Waals surface area contributed by atoms with Gasteiger partial charge in [-0.25, -0.2) is 4.79 Å². The second kappa shape index (κ2) is 6.09. The van der Waals surface area contributed by atoms with Gasteiger partial charge in [0.2, 0.25) is 0 Å². The zero-order valence-electron chi connectivity index (χ0n) is 9.91. The Bertz CT molecular complexity index is 219. The quantitative estimate of drug-likeness (QED) is 0.692. The van der Waals surface area contributed by atoms with Crippen molar-refractivity contribution in [1.82, 2.24) is 10.2 Å². The molecule has 0 radical (unpaired) electrons. The van der Waals surface area contributed by atoms with E-state index >= 15 is 0 Å². The third kappa shape index (κ3) is 3.37. The molecule has 0 aromatic carbocycles. The molecular formula is C12H22N2O2. The van der Waals surface area contributed by atoms with E-state index in [1.807, 2.05) is 4.90 Å². The van der Waals surface area contributed by atoms with Crippen LogP contribution < -0.4 is 5.32 Å². The van der Waals surface area contributed by atoms with Crippen LogP contribution in [0.3, 0.4) is 0 Å². The van der Waals surface area contributed by atoms with Crippen molar-refractivity contribution in [2.75, 3.05) is 26.3 Å². The van der Waals surface area contributed by atoms with Gasteiger partial charge in [0.15, 0.2) is 0 Å². The minimum absolute atomic E-state index is 0.107. The standard InChI is InChI=1S/C12H22N2O2/c15-12(14-7-9-16-10-8-14)13-11-5-3-1-2-4-6-11/h11H,1-10H2,(H,13,15). The van der Waals surface area contributed by atoms with Crippen molar-refractivity contribution in [3.63, 3.8) is 0 Å². The second-order valence-electron chi connectivity index (χ2n) is 4.74. The van der Waals surface area contributed by atoms with Crippen LogP contribution in [0.1, 0.15) is 38.5 Å². The number of amides is 2. The van der Waals surface area contributed by atoms with E-state index in [-0.39, 0.29) is 6.03 Å². The Morgan fingerprint density at radius 3 is 2.31 bits per heavy atom. The molecule has 2 fully saturated rings. The predicted octanol–water partition coefficient (Wildman–Crippen LogP) is 1.75. The number of nitrogens with zero attached hydrogens (tertiary/aromatic N) is 1. The van der Waals surface area contributed by atoms with Crippen molar-refractivity contribution in [2.24, 2.45) is 0 Å². The van der Waals surface area contributed by atoms with E-state index in [0.717, 1.165) is 25.9 Å². The molecule has 1 aliphatic heterocycles. The first-order valence-corrected chi connectivity index (χ1v) is 6.49. The fourth-order valence-corrected chi connectivity index (χ4v) is 2.46. The molecular weight excluding hydrogens is 204 g/mol. The first-order chi connectivity index (χ1) is 7.86. The van der Waals surface area contributed by atoms with Gasteiger partial charge in [0.25, 0.3) is 0 Å². The number of hydrogen-bond acceptors (Lipinski definition) is 2. The molecule has 2 aliphatic rings. The average Bonchev–Trinajstić information content (AvgIpc) is 2.59. The highest BCUT2D eigenvalue weighted by Gasteiger charge is 2.20. The van der Waals surface area contributed by atoms with Crippen molar-refractivity contribution in [3.8, 4) is 0 Å². The van der Waals surface area contributed by atoms with E-state index in [1.165, 1.54) is 25.7 Å². The number of hydrogen-bond donors (Lipinski definition) is 1. The molecule has 4 heteroatoms. The molecule has 1 saturated carbocycles. The molecule has 0 atom stereocenters. The normalized spacial score (nSPS) is 23.9. The third-order valence-electron chi connectivity index (χ3n) is 3.48. The Balaban J connectivity index is 1.76. The lowest BCUT2D eigenvalue weighted by molar-refractivity contribution is 0.0523. The van der Waals surface area contributed by atoms with Crippen LogP contribution in [0.2, 0.25) is 0 Å². The predicted molar refractivity (Wildman–Crippen MR) is 62.4 cm³/mol. The number of carbonyl (C=O) groups is 1. The van der Waals surface area contributed by atoms with Crippen LogP contribution in [0.15, 0.2) is 0 Å². The summed E-state index contributed by atoms with van der Waals surface area (Å²) in [4.78, 5) is 13.8. The van der Waals surface area contributed by atoms with Gasteiger partial charge in [-0.3, -0.25) is 0 Å². The van der Waals surface area contributed by atoms with Gasteiger partial charge in [-0.15, -0.1) is 0 Å². The van der Waals surface area contributed by atoms with Gasteiger partial charge in [-0.1, -0.05) is 25.7 Å². The molecule has 1 N–H and O–H groups in total. The maximum Gasteiger partial charge on any atom is 0.317 e. The second-order valence-corrected chi connectivity index (χ2v) is 4.74. The summed E-state index contributed by atoms with van der Waals surface area (Å²) in [5.74, 6) is 0. The van der Waals surface area contributed by atoms with Crippen LogP contribution in [0, 0.1) is 0 Å². The van der Waals surface area contributed by atoms with Crippen LogP contribution in [0.4, 0.5) is 4.79 Å². The van der Waals surface area contributed by atoms with Gasteiger partial charge < -0.3 is 15.0 Å². The lowest BCUT2D eigenvalue weighted by Crippen LogP contribution is -2.49. The molecule has 0 bridgehead atoms. The zero-order chi connectivity index (χ0) is 11.2. The van der Waals surface area contributed by atoms with Crippen LogP contribution >= 0.6 is 0 Å². The molecule has 1 heterocycles. The van der Waals surface area contributed by atoms with Crippen molar-refractivity contribution in [1.29, 1.82) is 0 Å². The average molecular weight is 226 g/mol. The number of ether oxygens (including phenoxy) is 1. The summed E-state index contributed by atoms with van der Waals surface area (Å²) in [7, 11) is 0. The summed E-state index contributed by atoms with van der Waals surface area (Å²) in [6.07, 6.45) is 7.46. The molecule has 0 spiro atoms. The molecule has 92 valence electrons. The van der Waals surface area contributed by atoms with Crippen LogP contribution in [-0.4, -0.2) is 43.3 Å². The monoisotopic (exact) mass is 226 g/mol. The SMILES string of the molecule is O=C(NC1CCCCCC1)N1CCOCC1. The van der Waals surface area contributed by atoms with Crippen molar-refractivity contribution < 1.29 is 9.53 Å². The van der Waals surface area contributed by atoms with E-state index in [0.29, 0.717) is 19.3 Å². The summed E-state index contributed by atoms with van der Waals surface area (Å²) in [5, 5.41) is 3.16. The van der Waals surface area contributed by atoms with Crippen molar-refractivity contribution in [3.05, 3.63) is 0 Å². The largest absolute Gasteiger partial charge is 0.378 e. The highest BCUT2D eigenvalue weighted by atomic mass is 16.5. The van der Waals surface area contributed by atoms with Gasteiger partial charge in [-0.05, 0) is 12.8 Å². The minimum Gasteiger partial charge on any atom is -0.378 e. The van der Waals surface area contributed by atoms with Crippen LogP contribution in [0.25, 0.3) is 0 Å². The Kier molecular flexibility index (Phi) is 4.45. The van der Waals surface area contributed by atoms with E-state index < -0.39 is 0 Å². The number of carbonyl (C=O) groups excluding carboxylic acids is 1. The van der Waals surface area contributed by atoms with Crippen molar-refractivity contribution >= 4 is 6.03 Å². The number of morpholine rings is 1. The fraction of sp³-hybridized carbons (Fsp3) is 0.917. The fourth-order valence-electron chi connectivity index (χ4n) is 2.46. The molecule has 1 saturated heterocycles. The first-order valence-electron chi connectivity index (χ1n) is 6.49. The lowest BCUT2D eigenvalue weighted by atomic mass is 10.1. The number of urea groups is 1. The van der Waals surface area contributed by atoms with Gasteiger partial charge in [0.1, 0.15) is 0 Å². The third-order valence-corrected chi connectivity index (χ3v) is 3.48. The molecule has 4 nitrogen and oxygen atoms in total. The van der Waals surface area contributed by atoms with Gasteiger partial charge >= 0.3 is 6.03 Å². The smallest absolute Gasteiger partial charge is 0.317 e. The minimum atomic E-state index is 0.107. The summed E-state index contributed by atoms with van der Waals surface area (Å²) < 4.78 is 5.24. The topological polar surface area (TPSA) is 41.6 Å². The molecule has 0 aromatic rings. The molecule has 0 unspecified atom stereocenters. The van der Waals surface area contributed by atoms with E-state index in [1.54, 1.807) is 0 Å². The zero-order valence-corrected chi connectivity index (χ0v) is 9.91. The Morgan fingerprint density at radius 1 is 1.06 bits per heavy atom. The Morgan fingerprint density at radius 2 is 1.69 bits per heavy atom. The molecule has 0 aromatic heterocycles. The number of rotatable bonds is 1. The highest BCUT2D eigenvalue weighted by molar-refractivity contribution is 5.74. The molecule has 1 aliphatic carbocycles. The maximum atomic E-state index is 11.9. The molecule has 2 rings (SSSR count). The lowest BCUT2D eigenvalue weighted by Gasteiger charge is -2.29. The van der Waals surface area contributed by atoms with E-state index in [4.69, 9.17) is 4.74 Å². The molecule has 2 amide bonds. The highest BCUT2D eigenvalue weighted by Crippen LogP contribution is 2.17. The first kappa shape index (κ1) is 11.7. The summed E-state index contributed by atoms with van der Waals surface area (Å²) >= 11 is 0. The van der Waals surface area contributed by atoms with E-state index in [9.17, 15) is 4.79 Å². The Labute approximate surface area is 97.3 Å². The molecule has 16 heavy (non-hydrogen) atoms.